The summed E-state index contributed by atoms with van der Waals surface area (Å²) in [6.45, 7) is 2.56. The molecule has 0 spiro atoms. The van der Waals surface area contributed by atoms with Gasteiger partial charge in [-0.1, -0.05) is 17.7 Å². The van der Waals surface area contributed by atoms with E-state index in [0.29, 0.717) is 16.6 Å². The minimum Gasteiger partial charge on any atom is -0.364 e. The number of hydrogen-bond acceptors (Lipinski definition) is 4. The Kier molecular flexibility index (Phi) is 4.61. The van der Waals surface area contributed by atoms with Crippen LogP contribution in [-0.2, 0) is 0 Å². The van der Waals surface area contributed by atoms with Gasteiger partial charge in [-0.15, -0.1) is 0 Å². The van der Waals surface area contributed by atoms with Crippen LogP contribution < -0.4 is 10.2 Å². The molecule has 1 atom stereocenters. The van der Waals surface area contributed by atoms with Crippen molar-refractivity contribution >= 4 is 23.0 Å². The smallest absolute Gasteiger partial charge is 0.294 e. The highest BCUT2D eigenvalue weighted by Crippen LogP contribution is 2.37. The predicted octanol–water partition coefficient (Wildman–Crippen LogP) is 2.68. The van der Waals surface area contributed by atoms with E-state index in [9.17, 15) is 10.1 Å². The first-order valence-corrected chi connectivity index (χ1v) is 6.83. The van der Waals surface area contributed by atoms with Crippen molar-refractivity contribution in [1.29, 1.82) is 0 Å². The third-order valence-corrected chi connectivity index (χ3v) is 3.80. The number of nitrogens with zero attached hydrogens (tertiary/aromatic N) is 2. The lowest BCUT2D eigenvalue weighted by Crippen LogP contribution is -2.39. The van der Waals surface area contributed by atoms with E-state index in [1.165, 1.54) is 6.07 Å². The minimum atomic E-state index is -0.358. The second-order valence-electron chi connectivity index (χ2n) is 4.88. The first-order valence-electron chi connectivity index (χ1n) is 6.46. The lowest BCUT2D eigenvalue weighted by atomic mass is 9.97. The molecule has 6 heteroatoms. The molecule has 0 saturated carbocycles. The summed E-state index contributed by atoms with van der Waals surface area (Å²) in [6.07, 6.45) is 2.18. The monoisotopic (exact) mass is 283 g/mol. The highest BCUT2D eigenvalue weighted by atomic mass is 35.5. The number of para-hydroxylation sites is 1. The molecule has 1 aromatic rings. The predicted molar refractivity (Wildman–Crippen MR) is 77.0 cm³/mol. The Morgan fingerprint density at radius 2 is 2.37 bits per heavy atom. The third kappa shape index (κ3) is 3.16. The van der Waals surface area contributed by atoms with Gasteiger partial charge in [0, 0.05) is 19.2 Å². The molecule has 0 amide bonds. The molecular weight excluding hydrogens is 266 g/mol. The number of benzene rings is 1. The van der Waals surface area contributed by atoms with Crippen LogP contribution in [0.25, 0.3) is 0 Å². The van der Waals surface area contributed by atoms with Crippen LogP contribution in [-0.4, -0.2) is 31.6 Å². The van der Waals surface area contributed by atoms with Crippen LogP contribution in [0, 0.1) is 16.0 Å². The number of hydrogen-bond donors (Lipinski definition) is 1. The normalized spacial score (nSPS) is 19.5. The maximum absolute atomic E-state index is 11.1. The van der Waals surface area contributed by atoms with Crippen molar-refractivity contribution in [3.8, 4) is 0 Å². The zero-order valence-electron chi connectivity index (χ0n) is 10.9. The lowest BCUT2D eigenvalue weighted by molar-refractivity contribution is -0.384. The van der Waals surface area contributed by atoms with Gasteiger partial charge < -0.3 is 10.2 Å². The van der Waals surface area contributed by atoms with Gasteiger partial charge in [0.2, 0.25) is 0 Å². The molecule has 1 aromatic carbocycles. The standard InChI is InChI=1S/C13H18ClN3O2/c1-15-8-10-4-3-7-16(9-10)13-11(14)5-2-6-12(13)17(18)19/h2,5-6,10,15H,3-4,7-9H2,1H3. The molecule has 1 aliphatic rings. The summed E-state index contributed by atoms with van der Waals surface area (Å²) in [7, 11) is 1.93. The van der Waals surface area contributed by atoms with Crippen LogP contribution in [0.5, 0.6) is 0 Å². The van der Waals surface area contributed by atoms with Crippen molar-refractivity contribution in [1.82, 2.24) is 5.32 Å². The Morgan fingerprint density at radius 3 is 3.05 bits per heavy atom. The van der Waals surface area contributed by atoms with Crippen molar-refractivity contribution in [2.24, 2.45) is 5.92 Å². The third-order valence-electron chi connectivity index (χ3n) is 3.49. The Bertz CT molecular complexity index is 465. The van der Waals surface area contributed by atoms with Gasteiger partial charge in [0.05, 0.1) is 9.95 Å². The van der Waals surface area contributed by atoms with Crippen LogP contribution in [0.2, 0.25) is 5.02 Å². The number of rotatable bonds is 4. The molecule has 104 valence electrons. The van der Waals surface area contributed by atoms with Gasteiger partial charge in [-0.2, -0.15) is 0 Å². The van der Waals surface area contributed by atoms with Gasteiger partial charge in [0.15, 0.2) is 0 Å². The Balaban J connectivity index is 2.28. The van der Waals surface area contributed by atoms with E-state index in [1.807, 2.05) is 11.9 Å². The quantitative estimate of drug-likeness (QED) is 0.682. The Labute approximate surface area is 117 Å². The minimum absolute atomic E-state index is 0.0950. The van der Waals surface area contributed by atoms with E-state index in [4.69, 9.17) is 11.6 Å². The molecule has 2 rings (SSSR count). The van der Waals surface area contributed by atoms with Crippen LogP contribution in [0.15, 0.2) is 18.2 Å². The summed E-state index contributed by atoms with van der Waals surface area (Å²) >= 11 is 6.17. The van der Waals surface area contributed by atoms with Crippen LogP contribution in [0.4, 0.5) is 11.4 Å². The second-order valence-corrected chi connectivity index (χ2v) is 5.28. The molecule has 0 aromatic heterocycles. The Morgan fingerprint density at radius 1 is 1.58 bits per heavy atom. The zero-order valence-corrected chi connectivity index (χ0v) is 11.7. The van der Waals surface area contributed by atoms with Crippen molar-refractivity contribution in [3.63, 3.8) is 0 Å². The fourth-order valence-corrected chi connectivity index (χ4v) is 2.98. The second kappa shape index (κ2) is 6.21. The Hall–Kier alpha value is -1.33. The van der Waals surface area contributed by atoms with Gasteiger partial charge in [-0.25, -0.2) is 0 Å². The molecule has 5 nitrogen and oxygen atoms in total. The highest BCUT2D eigenvalue weighted by molar-refractivity contribution is 6.33. The molecule has 0 radical (unpaired) electrons. The summed E-state index contributed by atoms with van der Waals surface area (Å²) in [5, 5.41) is 14.8. The molecule has 1 fully saturated rings. The highest BCUT2D eigenvalue weighted by Gasteiger charge is 2.27. The largest absolute Gasteiger partial charge is 0.364 e. The van der Waals surface area contributed by atoms with E-state index < -0.39 is 0 Å². The van der Waals surface area contributed by atoms with Crippen molar-refractivity contribution in [3.05, 3.63) is 33.3 Å². The van der Waals surface area contributed by atoms with Crippen molar-refractivity contribution in [2.45, 2.75) is 12.8 Å². The van der Waals surface area contributed by atoms with Gasteiger partial charge in [0.25, 0.3) is 5.69 Å². The zero-order chi connectivity index (χ0) is 13.8. The van der Waals surface area contributed by atoms with Gasteiger partial charge in [0.1, 0.15) is 5.69 Å². The van der Waals surface area contributed by atoms with E-state index >= 15 is 0 Å². The first-order chi connectivity index (χ1) is 9.13. The fourth-order valence-electron chi connectivity index (χ4n) is 2.69. The molecule has 1 N–H and O–H groups in total. The van der Waals surface area contributed by atoms with E-state index in [-0.39, 0.29) is 10.6 Å². The molecule has 0 bridgehead atoms. The SMILES string of the molecule is CNCC1CCCN(c2c(Cl)cccc2[N+](=O)[O-])C1. The maximum atomic E-state index is 11.1. The van der Waals surface area contributed by atoms with Crippen molar-refractivity contribution in [2.75, 3.05) is 31.6 Å². The van der Waals surface area contributed by atoms with Gasteiger partial charge in [-0.3, -0.25) is 10.1 Å². The van der Waals surface area contributed by atoms with Gasteiger partial charge in [-0.05, 0) is 38.4 Å². The molecular formula is C13H18ClN3O2. The van der Waals surface area contributed by atoms with E-state index in [0.717, 1.165) is 32.5 Å². The summed E-state index contributed by atoms with van der Waals surface area (Å²) in [4.78, 5) is 12.8. The number of anilines is 1. The number of nitro groups is 1. The first kappa shape index (κ1) is 14.1. The fraction of sp³-hybridized carbons (Fsp3) is 0.538. The average Bonchev–Trinajstić information content (AvgIpc) is 2.39. The molecule has 1 saturated heterocycles. The molecule has 1 aliphatic heterocycles. The molecule has 1 heterocycles. The number of piperidine rings is 1. The summed E-state index contributed by atoms with van der Waals surface area (Å²) in [5.41, 5.74) is 0.660. The molecule has 0 aliphatic carbocycles. The number of halogens is 1. The van der Waals surface area contributed by atoms with E-state index in [2.05, 4.69) is 5.32 Å². The van der Waals surface area contributed by atoms with Crippen LogP contribution >= 0.6 is 11.6 Å². The van der Waals surface area contributed by atoms with Crippen LogP contribution in [0.1, 0.15) is 12.8 Å². The lowest BCUT2D eigenvalue weighted by Gasteiger charge is -2.34. The van der Waals surface area contributed by atoms with Crippen molar-refractivity contribution < 1.29 is 4.92 Å². The molecule has 19 heavy (non-hydrogen) atoms. The maximum Gasteiger partial charge on any atom is 0.294 e. The number of nitrogens with one attached hydrogen (secondary N) is 1. The van der Waals surface area contributed by atoms with E-state index in [1.54, 1.807) is 12.1 Å². The number of nitro benzene ring substituents is 1. The summed E-state index contributed by atoms with van der Waals surface area (Å²) < 4.78 is 0. The average molecular weight is 284 g/mol. The van der Waals surface area contributed by atoms with Crippen LogP contribution in [0.3, 0.4) is 0 Å². The van der Waals surface area contributed by atoms with Gasteiger partial charge >= 0.3 is 0 Å². The molecule has 1 unspecified atom stereocenters. The summed E-state index contributed by atoms with van der Waals surface area (Å²) in [5.74, 6) is 0.509. The summed E-state index contributed by atoms with van der Waals surface area (Å²) in [6, 6.07) is 4.85. The topological polar surface area (TPSA) is 58.4 Å².